The Balaban J connectivity index is 2.01. The molecule has 4 aliphatic heterocycles. The van der Waals surface area contributed by atoms with Crippen molar-refractivity contribution in [3.63, 3.8) is 0 Å². The summed E-state index contributed by atoms with van der Waals surface area (Å²) in [6.07, 6.45) is 0.287. The van der Waals surface area contributed by atoms with E-state index in [0.29, 0.717) is 30.7 Å². The number of ketones is 1. The van der Waals surface area contributed by atoms with Crippen LogP contribution in [0.2, 0.25) is 0 Å². The highest BCUT2D eigenvalue weighted by Gasteiger charge is 2.58. The zero-order chi connectivity index (χ0) is 33.4. The molecule has 1 amide bonds. The zero-order valence-electron chi connectivity index (χ0n) is 27.9. The molecule has 5 rings (SSSR count). The van der Waals surface area contributed by atoms with Gasteiger partial charge in [0.1, 0.15) is 11.7 Å². The van der Waals surface area contributed by atoms with Crippen LogP contribution in [0.1, 0.15) is 93.1 Å². The molecule has 248 valence electrons. The summed E-state index contributed by atoms with van der Waals surface area (Å²) in [5, 5.41) is 12.3. The Hall–Kier alpha value is -2.82. The van der Waals surface area contributed by atoms with E-state index in [9.17, 15) is 19.5 Å². The minimum absolute atomic E-state index is 0.106. The molecule has 0 saturated carbocycles. The largest absolute Gasteiger partial charge is 0.457 e. The molecular weight excluding hydrogens is 579 g/mol. The first-order chi connectivity index (χ1) is 21.0. The molecule has 1 N–H and O–H groups in total. The number of hydrogen-bond donors (Lipinski definition) is 1. The Kier molecular flexibility index (Phi) is 10.2. The highest BCUT2D eigenvalue weighted by Crippen LogP contribution is 2.48. The number of rotatable bonds is 4. The summed E-state index contributed by atoms with van der Waals surface area (Å²) in [6.45, 7) is 13.1. The molecule has 10 heteroatoms. The first-order valence-electron chi connectivity index (χ1n) is 16.1. The topological polar surface area (TPSA) is 124 Å². The monoisotopic (exact) mass is 628 g/mol. The van der Waals surface area contributed by atoms with Gasteiger partial charge in [0, 0.05) is 30.4 Å². The minimum Gasteiger partial charge on any atom is -0.457 e. The molecule has 4 bridgehead atoms. The van der Waals surface area contributed by atoms with Gasteiger partial charge in [0.05, 0.1) is 24.5 Å². The van der Waals surface area contributed by atoms with Crippen molar-refractivity contribution in [2.24, 2.45) is 33.7 Å². The number of carbonyl (C=O) groups excluding carboxylic acids is 3. The molecule has 9 atom stereocenters. The van der Waals surface area contributed by atoms with E-state index in [1.54, 1.807) is 20.8 Å². The number of Topliss-reactive ketones (excluding diaryl/α,β-unsaturated/α-hetero) is 1. The highest BCUT2D eigenvalue weighted by molar-refractivity contribution is 6.07. The van der Waals surface area contributed by atoms with Crippen molar-refractivity contribution in [2.45, 2.75) is 123 Å². The number of nitrogens with zero attached hydrogens (tertiary/aromatic N) is 2. The summed E-state index contributed by atoms with van der Waals surface area (Å²) in [5.41, 5.74) is -5.13. The van der Waals surface area contributed by atoms with Crippen molar-refractivity contribution in [3.8, 4) is 0 Å². The fraction of sp³-hybridized carbons (Fsp3) is 0.686. The van der Waals surface area contributed by atoms with Crippen molar-refractivity contribution in [2.75, 3.05) is 6.61 Å². The van der Waals surface area contributed by atoms with E-state index < -0.39 is 70.0 Å². The van der Waals surface area contributed by atoms with Crippen molar-refractivity contribution in [3.05, 3.63) is 35.9 Å². The standard InChI is InChI=1S/C35H49FN2O7/c1-9-28-34(8,42)27-16-15-26-20-43-32(6,18-22(3)30(40)33(7,36)31(41)45-28)17-21(2)29(37-24(5)39)35(38-26,23(27)4)44-19-25-13-11-10-12-14-25/h10-14,21-23,27-28,42H,9,15-20H2,1-8H3/t21-,22-,23-,27-,28-,32-,33+,34+,35?/m1/s1. The molecule has 1 aromatic rings. The maximum Gasteiger partial charge on any atom is 0.351 e. The highest BCUT2D eigenvalue weighted by atomic mass is 19.1. The van der Waals surface area contributed by atoms with Crippen molar-refractivity contribution in [1.82, 2.24) is 0 Å². The predicted molar refractivity (Wildman–Crippen MR) is 169 cm³/mol. The van der Waals surface area contributed by atoms with Gasteiger partial charge in [-0.2, -0.15) is 0 Å². The molecule has 0 radical (unpaired) electrons. The predicted octanol–water partition coefficient (Wildman–Crippen LogP) is 5.60. The van der Waals surface area contributed by atoms with Gasteiger partial charge in [-0.25, -0.2) is 14.2 Å². The van der Waals surface area contributed by atoms with Crippen LogP contribution in [0.3, 0.4) is 0 Å². The number of amides is 1. The second-order valence-corrected chi connectivity index (χ2v) is 13.9. The number of halogens is 1. The lowest BCUT2D eigenvalue weighted by molar-refractivity contribution is -0.192. The Labute approximate surface area is 266 Å². The fourth-order valence-corrected chi connectivity index (χ4v) is 7.75. The molecule has 4 heterocycles. The van der Waals surface area contributed by atoms with E-state index in [4.69, 9.17) is 19.2 Å². The molecule has 45 heavy (non-hydrogen) atoms. The van der Waals surface area contributed by atoms with Crippen LogP contribution in [0.5, 0.6) is 0 Å². The second kappa shape index (κ2) is 13.1. The average Bonchev–Trinajstić information content (AvgIpc) is 3.10. The third kappa shape index (κ3) is 6.98. The number of esters is 1. The van der Waals surface area contributed by atoms with E-state index in [1.165, 1.54) is 6.92 Å². The SMILES string of the molecule is CC[C@H]1OC(=O)[C@@](C)(F)C(=O)[C@H](C)C[C@@]2(C)C[C@@H](C)C(=NC(C)=O)C3(OCc4ccccc4)N=C(CC[C@H]([C@H]3C)[C@]1(C)O)CO2. The fourth-order valence-electron chi connectivity index (χ4n) is 7.75. The van der Waals surface area contributed by atoms with Crippen LogP contribution in [0, 0.1) is 23.7 Å². The molecule has 0 aromatic heterocycles. The van der Waals surface area contributed by atoms with Gasteiger partial charge in [-0.1, -0.05) is 58.0 Å². The number of ether oxygens (including phenoxy) is 3. The van der Waals surface area contributed by atoms with Crippen LogP contribution in [0.4, 0.5) is 4.39 Å². The van der Waals surface area contributed by atoms with Crippen LogP contribution in [0.15, 0.2) is 40.3 Å². The van der Waals surface area contributed by atoms with Crippen LogP contribution in [-0.4, -0.2) is 69.5 Å². The van der Waals surface area contributed by atoms with Gasteiger partial charge in [-0.05, 0) is 64.4 Å². The summed E-state index contributed by atoms with van der Waals surface area (Å²) in [7, 11) is 0. The van der Waals surface area contributed by atoms with Crippen molar-refractivity contribution < 1.29 is 38.1 Å². The summed E-state index contributed by atoms with van der Waals surface area (Å²) < 4.78 is 35.2. The van der Waals surface area contributed by atoms with Gasteiger partial charge < -0.3 is 19.3 Å². The third-order valence-corrected chi connectivity index (χ3v) is 10.1. The number of alkyl halides is 1. The Bertz CT molecular complexity index is 1340. The quantitative estimate of drug-likeness (QED) is 0.340. The normalized spacial score (nSPS) is 40.6. The number of aliphatic imine (C=N–C) groups is 2. The molecule has 4 aliphatic rings. The molecule has 0 spiro atoms. The van der Waals surface area contributed by atoms with Crippen molar-refractivity contribution >= 4 is 29.1 Å². The molecule has 1 aromatic carbocycles. The molecule has 0 aliphatic carbocycles. The first kappa shape index (κ1) is 35.0. The minimum atomic E-state index is -2.93. The van der Waals surface area contributed by atoms with Gasteiger partial charge in [0.15, 0.2) is 5.78 Å². The number of carbonyl (C=O) groups is 3. The van der Waals surface area contributed by atoms with E-state index in [0.717, 1.165) is 12.5 Å². The van der Waals surface area contributed by atoms with Gasteiger partial charge in [0.2, 0.25) is 11.6 Å². The van der Waals surface area contributed by atoms with Crippen LogP contribution in [-0.2, 0) is 35.2 Å². The summed E-state index contributed by atoms with van der Waals surface area (Å²) in [6, 6.07) is 9.60. The molecule has 9 nitrogen and oxygen atoms in total. The summed E-state index contributed by atoms with van der Waals surface area (Å²) >= 11 is 0. The van der Waals surface area contributed by atoms with Gasteiger partial charge in [0.25, 0.3) is 5.67 Å². The van der Waals surface area contributed by atoms with Crippen LogP contribution < -0.4 is 0 Å². The summed E-state index contributed by atoms with van der Waals surface area (Å²) in [5.74, 6) is -5.22. The average molecular weight is 629 g/mol. The maximum absolute atomic E-state index is 16.1. The van der Waals surface area contributed by atoms with Gasteiger partial charge >= 0.3 is 5.97 Å². The van der Waals surface area contributed by atoms with Crippen LogP contribution >= 0.6 is 0 Å². The Morgan fingerprint density at radius 3 is 2.38 bits per heavy atom. The number of fused-ring (bicyclic) bond motifs is 11. The lowest BCUT2D eigenvalue weighted by Crippen LogP contribution is -2.58. The van der Waals surface area contributed by atoms with E-state index >= 15 is 4.39 Å². The number of aliphatic hydroxyl groups is 1. The second-order valence-electron chi connectivity index (χ2n) is 13.9. The smallest absolute Gasteiger partial charge is 0.351 e. The zero-order valence-corrected chi connectivity index (χ0v) is 27.9. The lowest BCUT2D eigenvalue weighted by Gasteiger charge is -2.47. The Morgan fingerprint density at radius 1 is 1.11 bits per heavy atom. The molecule has 2 fully saturated rings. The third-order valence-electron chi connectivity index (χ3n) is 10.1. The molecular formula is C35H49FN2O7. The maximum atomic E-state index is 16.1. The van der Waals surface area contributed by atoms with Crippen molar-refractivity contribution in [1.29, 1.82) is 0 Å². The summed E-state index contributed by atoms with van der Waals surface area (Å²) in [4.78, 5) is 49.5. The number of benzene rings is 1. The molecule has 1 unspecified atom stereocenters. The van der Waals surface area contributed by atoms with E-state index in [2.05, 4.69) is 4.99 Å². The Morgan fingerprint density at radius 2 is 1.76 bits per heavy atom. The van der Waals surface area contributed by atoms with Gasteiger partial charge in [-0.15, -0.1) is 0 Å². The molecule has 2 saturated heterocycles. The first-order valence-corrected chi connectivity index (χ1v) is 16.1. The lowest BCUT2D eigenvalue weighted by atomic mass is 9.68. The number of hydrogen-bond acceptors (Lipinski definition) is 8. The van der Waals surface area contributed by atoms with Crippen LogP contribution in [0.25, 0.3) is 0 Å². The van der Waals surface area contributed by atoms with Gasteiger partial charge in [-0.3, -0.25) is 14.6 Å². The van der Waals surface area contributed by atoms with E-state index in [1.807, 2.05) is 51.1 Å². The van der Waals surface area contributed by atoms with E-state index in [-0.39, 0.29) is 26.1 Å².